The van der Waals surface area contributed by atoms with Crippen molar-refractivity contribution in [2.45, 2.75) is 37.2 Å². The van der Waals surface area contributed by atoms with Gasteiger partial charge in [0, 0.05) is 16.6 Å². The minimum atomic E-state index is -4.04. The molecule has 0 saturated heterocycles. The maximum absolute atomic E-state index is 12.6. The van der Waals surface area contributed by atoms with Gasteiger partial charge in [-0.1, -0.05) is 49.2 Å². The first kappa shape index (κ1) is 26.1. The summed E-state index contributed by atoms with van der Waals surface area (Å²) in [6.45, 7) is 3.08. The van der Waals surface area contributed by atoms with E-state index in [0.717, 1.165) is 0 Å². The lowest BCUT2D eigenvalue weighted by Crippen LogP contribution is -2.52. The molecule has 2 aromatic carbocycles. The highest BCUT2D eigenvalue weighted by atomic mass is 35.5. The van der Waals surface area contributed by atoms with Gasteiger partial charge in [-0.3, -0.25) is 14.9 Å². The van der Waals surface area contributed by atoms with Crippen LogP contribution in [0.4, 0.5) is 0 Å². The number of hydrogen-bond acceptors (Lipinski definition) is 5. The zero-order valence-electron chi connectivity index (χ0n) is 17.4. The fourth-order valence-corrected chi connectivity index (χ4v) is 4.57. The Labute approximate surface area is 196 Å². The first-order chi connectivity index (χ1) is 14.9. The molecule has 2 aromatic rings. The summed E-state index contributed by atoms with van der Waals surface area (Å²) in [4.78, 5) is 22.9. The number of carboxylic acid groups (broad SMARTS) is 2. The lowest BCUT2D eigenvalue weighted by atomic mass is 10.0. The Hall–Kier alpha value is -2.17. The fraction of sp³-hybridized carbons (Fsp3) is 0.333. The fourth-order valence-electron chi connectivity index (χ4n) is 3.00. The molecular weight excluding hydrogens is 479 g/mol. The summed E-state index contributed by atoms with van der Waals surface area (Å²) in [7, 11) is -4.04. The second-order valence-electron chi connectivity index (χ2n) is 7.61. The predicted octanol–water partition coefficient (Wildman–Crippen LogP) is 3.48. The summed E-state index contributed by atoms with van der Waals surface area (Å²) in [5.74, 6) is -2.57. The number of halogens is 2. The molecule has 0 amide bonds. The second-order valence-corrected chi connectivity index (χ2v) is 10.3. The molecule has 174 valence electrons. The maximum atomic E-state index is 12.6. The maximum Gasteiger partial charge on any atom is 0.322 e. The highest BCUT2D eigenvalue weighted by Crippen LogP contribution is 2.28. The average molecular weight is 503 g/mol. The normalized spacial score (nSPS) is 13.7. The van der Waals surface area contributed by atoms with Crippen LogP contribution in [0, 0.1) is 5.92 Å². The molecule has 0 spiro atoms. The van der Waals surface area contributed by atoms with Gasteiger partial charge in [-0.2, -0.15) is 0 Å². The van der Waals surface area contributed by atoms with Crippen LogP contribution in [0.1, 0.15) is 20.3 Å². The smallest absolute Gasteiger partial charge is 0.322 e. The van der Waals surface area contributed by atoms with Gasteiger partial charge in [-0.05, 0) is 53.8 Å². The van der Waals surface area contributed by atoms with Gasteiger partial charge in [0.2, 0.25) is 10.0 Å². The van der Waals surface area contributed by atoms with Gasteiger partial charge in [-0.25, -0.2) is 13.1 Å². The van der Waals surface area contributed by atoms with E-state index < -0.39 is 40.6 Å². The van der Waals surface area contributed by atoms with Crippen LogP contribution in [0.15, 0.2) is 47.4 Å². The van der Waals surface area contributed by atoms with Gasteiger partial charge in [0.1, 0.15) is 12.1 Å². The van der Waals surface area contributed by atoms with Gasteiger partial charge in [0.15, 0.2) is 0 Å². The van der Waals surface area contributed by atoms with E-state index >= 15 is 0 Å². The molecule has 2 rings (SSSR count). The molecule has 11 heteroatoms. The topological polar surface area (TPSA) is 133 Å². The zero-order valence-corrected chi connectivity index (χ0v) is 19.7. The number of nitrogens with one attached hydrogen (secondary N) is 2. The summed E-state index contributed by atoms with van der Waals surface area (Å²) in [6, 6.07) is 8.31. The Balaban J connectivity index is 2.13. The molecule has 4 N–H and O–H groups in total. The summed E-state index contributed by atoms with van der Waals surface area (Å²) in [5, 5.41) is 22.1. The van der Waals surface area contributed by atoms with Crippen LogP contribution in [0.2, 0.25) is 10.0 Å². The molecule has 0 aliphatic heterocycles. The van der Waals surface area contributed by atoms with Gasteiger partial charge in [0.05, 0.1) is 4.90 Å². The number of carbonyl (C=O) groups is 2. The molecule has 0 fully saturated rings. The largest absolute Gasteiger partial charge is 0.480 e. The SMILES string of the molecule is CC(C)C[C@H](NC(CNS(=O)(=O)c1ccc(-c2cc(Cl)cc(Cl)c2)cc1)C(=O)O)C(=O)O. The molecule has 0 aliphatic rings. The monoisotopic (exact) mass is 502 g/mol. The molecular formula is C21H24Cl2N2O6S. The Morgan fingerprint density at radius 1 is 0.906 bits per heavy atom. The van der Waals surface area contributed by atoms with Crippen LogP contribution >= 0.6 is 23.2 Å². The first-order valence-electron chi connectivity index (χ1n) is 9.67. The van der Waals surface area contributed by atoms with Crippen molar-refractivity contribution in [2.75, 3.05) is 6.54 Å². The molecule has 32 heavy (non-hydrogen) atoms. The highest BCUT2D eigenvalue weighted by Gasteiger charge is 2.28. The van der Waals surface area contributed by atoms with E-state index in [1.54, 1.807) is 44.2 Å². The van der Waals surface area contributed by atoms with E-state index in [4.69, 9.17) is 23.2 Å². The number of rotatable bonds is 11. The molecule has 0 heterocycles. The van der Waals surface area contributed by atoms with Gasteiger partial charge < -0.3 is 10.2 Å². The van der Waals surface area contributed by atoms with Gasteiger partial charge in [0.25, 0.3) is 0 Å². The average Bonchev–Trinajstić information content (AvgIpc) is 2.69. The molecule has 0 radical (unpaired) electrons. The lowest BCUT2D eigenvalue weighted by molar-refractivity contribution is -0.142. The Morgan fingerprint density at radius 3 is 1.91 bits per heavy atom. The van der Waals surface area contributed by atoms with E-state index in [0.29, 0.717) is 21.2 Å². The highest BCUT2D eigenvalue weighted by molar-refractivity contribution is 7.89. The number of aliphatic carboxylic acids is 2. The van der Waals surface area contributed by atoms with Crippen molar-refractivity contribution in [3.05, 3.63) is 52.5 Å². The Bertz CT molecular complexity index is 1050. The van der Waals surface area contributed by atoms with E-state index in [1.165, 1.54) is 12.1 Å². The van der Waals surface area contributed by atoms with Crippen molar-refractivity contribution < 1.29 is 28.2 Å². The van der Waals surface area contributed by atoms with E-state index in [9.17, 15) is 28.2 Å². The van der Waals surface area contributed by atoms with Crippen LogP contribution in [0.25, 0.3) is 11.1 Å². The molecule has 0 aromatic heterocycles. The van der Waals surface area contributed by atoms with Crippen molar-refractivity contribution in [3.8, 4) is 11.1 Å². The van der Waals surface area contributed by atoms with Crippen molar-refractivity contribution in [1.29, 1.82) is 0 Å². The van der Waals surface area contributed by atoms with Crippen molar-refractivity contribution >= 4 is 45.2 Å². The summed E-state index contributed by atoms with van der Waals surface area (Å²) in [6.07, 6.45) is 0.195. The van der Waals surface area contributed by atoms with E-state index in [1.807, 2.05) is 0 Å². The molecule has 1 unspecified atom stereocenters. The van der Waals surface area contributed by atoms with Crippen molar-refractivity contribution in [3.63, 3.8) is 0 Å². The molecule has 0 bridgehead atoms. The van der Waals surface area contributed by atoms with Crippen LogP contribution in [0.3, 0.4) is 0 Å². The summed E-state index contributed by atoms with van der Waals surface area (Å²) < 4.78 is 27.5. The first-order valence-corrected chi connectivity index (χ1v) is 11.9. The van der Waals surface area contributed by atoms with Gasteiger partial charge >= 0.3 is 11.9 Å². The molecule has 0 saturated carbocycles. The standard InChI is InChI=1S/C21H24Cl2N2O6S/c1-12(2)7-18(20(26)27)25-19(21(28)29)11-24-32(30,31)17-5-3-13(4-6-17)14-8-15(22)10-16(23)9-14/h3-6,8-10,12,18-19,24-25H,7,11H2,1-2H3,(H,26,27)(H,28,29)/t18-,19?/m0/s1. The lowest BCUT2D eigenvalue weighted by Gasteiger charge is -2.22. The molecule has 8 nitrogen and oxygen atoms in total. The zero-order chi connectivity index (χ0) is 24.1. The number of hydrogen-bond donors (Lipinski definition) is 4. The number of benzene rings is 2. The Morgan fingerprint density at radius 2 is 1.44 bits per heavy atom. The number of carboxylic acids is 2. The van der Waals surface area contributed by atoms with Crippen molar-refractivity contribution in [2.24, 2.45) is 5.92 Å². The van der Waals surface area contributed by atoms with E-state index in [-0.39, 0.29) is 17.2 Å². The third kappa shape index (κ3) is 7.46. The Kier molecular flexibility index (Phi) is 9.06. The predicted molar refractivity (Wildman–Crippen MR) is 123 cm³/mol. The van der Waals surface area contributed by atoms with Crippen LogP contribution in [-0.4, -0.2) is 49.2 Å². The minimum Gasteiger partial charge on any atom is -0.480 e. The van der Waals surface area contributed by atoms with Crippen LogP contribution < -0.4 is 10.0 Å². The van der Waals surface area contributed by atoms with Gasteiger partial charge in [-0.15, -0.1) is 0 Å². The third-order valence-electron chi connectivity index (χ3n) is 4.54. The third-order valence-corrected chi connectivity index (χ3v) is 6.42. The van der Waals surface area contributed by atoms with Crippen molar-refractivity contribution in [1.82, 2.24) is 10.0 Å². The minimum absolute atomic E-state index is 0.00243. The quantitative estimate of drug-likeness (QED) is 0.369. The van der Waals surface area contributed by atoms with E-state index in [2.05, 4.69) is 10.0 Å². The van der Waals surface area contributed by atoms with Crippen LogP contribution in [0.5, 0.6) is 0 Å². The summed E-state index contributed by atoms with van der Waals surface area (Å²) >= 11 is 12.0. The summed E-state index contributed by atoms with van der Waals surface area (Å²) in [5.41, 5.74) is 1.40. The second kappa shape index (κ2) is 11.1. The van der Waals surface area contributed by atoms with Crippen LogP contribution in [-0.2, 0) is 19.6 Å². The number of sulfonamides is 1. The molecule has 0 aliphatic carbocycles. The molecule has 2 atom stereocenters.